The highest BCUT2D eigenvalue weighted by Gasteiger charge is 2.28. The normalized spacial score (nSPS) is 11.5. The minimum atomic E-state index is -4.17. The van der Waals surface area contributed by atoms with E-state index in [0.29, 0.717) is 11.4 Å². The van der Waals surface area contributed by atoms with E-state index in [1.165, 1.54) is 61.7 Å². The maximum atomic E-state index is 13.6. The molecule has 0 unspecified atom stereocenters. The lowest BCUT2D eigenvalue weighted by molar-refractivity contribution is -0.114. The number of carbonyl (C=O) groups is 1. The number of benzene rings is 4. The molecule has 220 valence electrons. The van der Waals surface area contributed by atoms with E-state index in [4.69, 9.17) is 16.3 Å². The Morgan fingerprint density at radius 1 is 0.786 bits per heavy atom. The summed E-state index contributed by atoms with van der Waals surface area (Å²) in [5, 5.41) is 2.81. The molecular weight excluding hydrogens is 598 g/mol. The lowest BCUT2D eigenvalue weighted by Crippen LogP contribution is -2.38. The molecule has 2 N–H and O–H groups in total. The minimum absolute atomic E-state index is 0.00123. The molecule has 0 heterocycles. The molecule has 0 aliphatic rings. The summed E-state index contributed by atoms with van der Waals surface area (Å²) in [4.78, 5) is 13.1. The fourth-order valence-electron chi connectivity index (χ4n) is 4.03. The number of nitrogens with zero attached hydrogens (tertiary/aromatic N) is 1. The third-order valence-electron chi connectivity index (χ3n) is 6.53. The van der Waals surface area contributed by atoms with Crippen molar-refractivity contribution in [2.45, 2.75) is 30.6 Å². The number of halogens is 1. The van der Waals surface area contributed by atoms with Crippen LogP contribution < -0.4 is 19.1 Å². The van der Waals surface area contributed by atoms with Crippen molar-refractivity contribution in [1.82, 2.24) is 0 Å². The number of rotatable bonds is 10. The molecule has 0 saturated heterocycles. The van der Waals surface area contributed by atoms with Gasteiger partial charge >= 0.3 is 0 Å². The van der Waals surface area contributed by atoms with E-state index >= 15 is 0 Å². The van der Waals surface area contributed by atoms with Gasteiger partial charge in [0.1, 0.15) is 12.3 Å². The largest absolute Gasteiger partial charge is 0.495 e. The minimum Gasteiger partial charge on any atom is -0.495 e. The van der Waals surface area contributed by atoms with Gasteiger partial charge in [-0.15, -0.1) is 0 Å². The zero-order valence-corrected chi connectivity index (χ0v) is 25.8. The summed E-state index contributed by atoms with van der Waals surface area (Å²) in [7, 11) is -6.61. The van der Waals surface area contributed by atoms with Crippen molar-refractivity contribution in [2.24, 2.45) is 0 Å². The zero-order valence-electron chi connectivity index (χ0n) is 23.4. The van der Waals surface area contributed by atoms with Gasteiger partial charge in [-0.25, -0.2) is 16.8 Å². The van der Waals surface area contributed by atoms with Crippen LogP contribution in [0.4, 0.5) is 17.1 Å². The Morgan fingerprint density at radius 3 is 2.00 bits per heavy atom. The molecule has 0 radical (unpaired) electrons. The number of amides is 1. The topological polar surface area (TPSA) is 122 Å². The standard InChI is InChI=1S/C30H30ClN3O6S2/c1-20-5-12-27(13-6-20)42(38,39)34(25-11-16-29(40-4)28(31)18-25)19-30(35)32-23-9-14-26(15-10-23)41(36,37)33-24-8-7-21(2)22(3)17-24/h5-18,33H,19H2,1-4H3,(H,32,35). The summed E-state index contributed by atoms with van der Waals surface area (Å²) < 4.78 is 61.7. The van der Waals surface area contributed by atoms with Crippen LogP contribution in [0.1, 0.15) is 16.7 Å². The molecule has 0 bridgehead atoms. The average Bonchev–Trinajstić information content (AvgIpc) is 2.94. The van der Waals surface area contributed by atoms with Crippen LogP contribution in [-0.2, 0) is 24.8 Å². The maximum absolute atomic E-state index is 13.6. The number of nitrogens with one attached hydrogen (secondary N) is 2. The Hall–Kier alpha value is -4.06. The van der Waals surface area contributed by atoms with Crippen LogP contribution in [0, 0.1) is 20.8 Å². The predicted molar refractivity (Wildman–Crippen MR) is 166 cm³/mol. The molecule has 0 fully saturated rings. The predicted octanol–water partition coefficient (Wildman–Crippen LogP) is 5.91. The third kappa shape index (κ3) is 7.04. The molecule has 0 aliphatic heterocycles. The maximum Gasteiger partial charge on any atom is 0.264 e. The first-order chi connectivity index (χ1) is 19.8. The Balaban J connectivity index is 1.55. The van der Waals surface area contributed by atoms with Crippen LogP contribution in [-0.4, -0.2) is 36.4 Å². The Kier molecular flexibility index (Phi) is 9.15. The fourth-order valence-corrected chi connectivity index (χ4v) is 6.74. The van der Waals surface area contributed by atoms with Crippen LogP contribution in [0.3, 0.4) is 0 Å². The van der Waals surface area contributed by atoms with Crippen LogP contribution in [0.15, 0.2) is 94.7 Å². The second-order valence-electron chi connectivity index (χ2n) is 9.62. The van der Waals surface area contributed by atoms with Gasteiger partial charge in [0, 0.05) is 11.4 Å². The van der Waals surface area contributed by atoms with Gasteiger partial charge in [0.2, 0.25) is 5.91 Å². The Labute approximate surface area is 251 Å². The van der Waals surface area contributed by atoms with E-state index in [9.17, 15) is 21.6 Å². The number of carbonyl (C=O) groups excluding carboxylic acids is 1. The average molecular weight is 628 g/mol. The van der Waals surface area contributed by atoms with Crippen molar-refractivity contribution in [2.75, 3.05) is 28.0 Å². The van der Waals surface area contributed by atoms with Crippen LogP contribution in [0.5, 0.6) is 5.75 Å². The quantitative estimate of drug-likeness (QED) is 0.225. The number of hydrogen-bond acceptors (Lipinski definition) is 6. The van der Waals surface area contributed by atoms with Crippen molar-refractivity contribution < 1.29 is 26.4 Å². The van der Waals surface area contributed by atoms with Gasteiger partial charge in [0.05, 0.1) is 27.6 Å². The first-order valence-corrected chi connectivity index (χ1v) is 16.0. The summed E-state index contributed by atoms with van der Waals surface area (Å²) in [6.45, 7) is 5.08. The molecule has 4 aromatic carbocycles. The van der Waals surface area contributed by atoms with Crippen molar-refractivity contribution >= 4 is 54.6 Å². The molecule has 4 aromatic rings. The highest BCUT2D eigenvalue weighted by atomic mass is 35.5. The van der Waals surface area contributed by atoms with Gasteiger partial charge in [-0.3, -0.25) is 13.8 Å². The summed E-state index contributed by atoms with van der Waals surface area (Å²) in [6.07, 6.45) is 0. The number of methoxy groups -OCH3 is 1. The SMILES string of the molecule is COc1ccc(N(CC(=O)Nc2ccc(S(=O)(=O)Nc3ccc(C)c(C)c3)cc2)S(=O)(=O)c2ccc(C)cc2)cc1Cl. The number of sulfonamides is 2. The molecule has 12 heteroatoms. The van der Waals surface area contributed by atoms with Crippen molar-refractivity contribution in [3.05, 3.63) is 107 Å². The third-order valence-corrected chi connectivity index (χ3v) is 10.0. The number of aryl methyl sites for hydroxylation is 3. The highest BCUT2D eigenvalue weighted by Crippen LogP contribution is 2.32. The second kappa shape index (κ2) is 12.4. The Morgan fingerprint density at radius 2 is 1.40 bits per heavy atom. The molecule has 0 aliphatic carbocycles. The zero-order chi connectivity index (χ0) is 30.7. The molecule has 1 amide bonds. The molecular formula is C30H30ClN3O6S2. The van der Waals surface area contributed by atoms with Gasteiger partial charge in [-0.1, -0.05) is 35.4 Å². The summed E-state index contributed by atoms with van der Waals surface area (Å²) in [6, 6.07) is 21.5. The van der Waals surface area contributed by atoms with Gasteiger partial charge in [0.25, 0.3) is 20.0 Å². The van der Waals surface area contributed by atoms with Crippen LogP contribution in [0.25, 0.3) is 0 Å². The van der Waals surface area contributed by atoms with Gasteiger partial charge in [-0.2, -0.15) is 0 Å². The molecule has 0 atom stereocenters. The first-order valence-electron chi connectivity index (χ1n) is 12.7. The van der Waals surface area contributed by atoms with Gasteiger partial charge in [0.15, 0.2) is 0 Å². The number of ether oxygens (including phenoxy) is 1. The van der Waals surface area contributed by atoms with E-state index in [2.05, 4.69) is 10.0 Å². The van der Waals surface area contributed by atoms with Crippen LogP contribution >= 0.6 is 11.6 Å². The molecule has 0 aromatic heterocycles. The van der Waals surface area contributed by atoms with Crippen LogP contribution in [0.2, 0.25) is 5.02 Å². The first kappa shape index (κ1) is 30.9. The summed E-state index contributed by atoms with van der Waals surface area (Å²) >= 11 is 6.27. The fraction of sp³-hybridized carbons (Fsp3) is 0.167. The van der Waals surface area contributed by atoms with E-state index in [0.717, 1.165) is 21.0 Å². The molecule has 4 rings (SSSR count). The molecule has 9 nitrogen and oxygen atoms in total. The van der Waals surface area contributed by atoms with Crippen molar-refractivity contribution in [1.29, 1.82) is 0 Å². The lowest BCUT2D eigenvalue weighted by atomic mass is 10.1. The van der Waals surface area contributed by atoms with E-state index < -0.39 is 32.5 Å². The van der Waals surface area contributed by atoms with Gasteiger partial charge in [-0.05, 0) is 98.6 Å². The summed E-state index contributed by atoms with van der Waals surface area (Å²) in [5.74, 6) is -0.305. The van der Waals surface area contributed by atoms with E-state index in [1.807, 2.05) is 26.8 Å². The lowest BCUT2D eigenvalue weighted by Gasteiger charge is -2.24. The highest BCUT2D eigenvalue weighted by molar-refractivity contribution is 7.93. The van der Waals surface area contributed by atoms with Gasteiger partial charge < -0.3 is 10.1 Å². The molecule has 0 spiro atoms. The van der Waals surface area contributed by atoms with E-state index in [-0.39, 0.29) is 26.2 Å². The monoisotopic (exact) mass is 627 g/mol. The number of anilines is 3. The van der Waals surface area contributed by atoms with E-state index in [1.54, 1.807) is 24.3 Å². The smallest absolute Gasteiger partial charge is 0.264 e. The second-order valence-corrected chi connectivity index (χ2v) is 13.6. The molecule has 42 heavy (non-hydrogen) atoms. The number of hydrogen-bond donors (Lipinski definition) is 2. The van der Waals surface area contributed by atoms with Crippen molar-refractivity contribution in [3.63, 3.8) is 0 Å². The van der Waals surface area contributed by atoms with Crippen molar-refractivity contribution in [3.8, 4) is 5.75 Å². The summed E-state index contributed by atoms with van der Waals surface area (Å²) in [5.41, 5.74) is 3.74. The Bertz CT molecular complexity index is 1830. The molecule has 0 saturated carbocycles.